The monoisotopic (exact) mass is 580 g/mol. The summed E-state index contributed by atoms with van der Waals surface area (Å²) in [6.45, 7) is 7.01. The first-order valence-corrected chi connectivity index (χ1v) is 14.9. The van der Waals surface area contributed by atoms with Crippen LogP contribution >= 0.6 is 0 Å². The van der Waals surface area contributed by atoms with Gasteiger partial charge >= 0.3 is 0 Å². The molecule has 0 aliphatic heterocycles. The molecule has 10 nitrogen and oxygen atoms in total. The number of nitro benzene ring substituents is 1. The molecule has 3 aromatic rings. The Morgan fingerprint density at radius 2 is 1.61 bits per heavy atom. The Hall–Kier alpha value is -4.25. The van der Waals surface area contributed by atoms with Crippen molar-refractivity contribution >= 4 is 33.2 Å². The lowest BCUT2D eigenvalue weighted by molar-refractivity contribution is -0.384. The van der Waals surface area contributed by atoms with Crippen LogP contribution in [0.4, 0.5) is 11.4 Å². The van der Waals surface area contributed by atoms with Crippen LogP contribution in [0.5, 0.6) is 0 Å². The van der Waals surface area contributed by atoms with Crippen molar-refractivity contribution in [3.63, 3.8) is 0 Å². The summed E-state index contributed by atoms with van der Waals surface area (Å²) in [4.78, 5) is 39.4. The van der Waals surface area contributed by atoms with Crippen molar-refractivity contribution in [1.82, 2.24) is 10.2 Å². The van der Waals surface area contributed by atoms with Crippen molar-refractivity contribution in [2.24, 2.45) is 0 Å². The maximum absolute atomic E-state index is 14.1. The van der Waals surface area contributed by atoms with E-state index < -0.39 is 33.4 Å². The van der Waals surface area contributed by atoms with Gasteiger partial charge in [0.1, 0.15) is 12.6 Å². The maximum atomic E-state index is 14.1. The fraction of sp³-hybridized carbons (Fsp3) is 0.333. The van der Waals surface area contributed by atoms with Gasteiger partial charge in [-0.05, 0) is 56.5 Å². The average Bonchev–Trinajstić information content (AvgIpc) is 2.96. The molecule has 0 fully saturated rings. The van der Waals surface area contributed by atoms with E-state index in [1.165, 1.54) is 41.3 Å². The predicted molar refractivity (Wildman–Crippen MR) is 158 cm³/mol. The Morgan fingerprint density at radius 3 is 2.17 bits per heavy atom. The number of aryl methyl sites for hydroxylation is 1. The van der Waals surface area contributed by atoms with E-state index in [9.17, 15) is 28.1 Å². The number of nitrogens with zero attached hydrogens (tertiary/aromatic N) is 3. The van der Waals surface area contributed by atoms with Crippen LogP contribution in [0.2, 0.25) is 0 Å². The van der Waals surface area contributed by atoms with Crippen LogP contribution in [-0.2, 0) is 26.2 Å². The van der Waals surface area contributed by atoms with Gasteiger partial charge in [0.25, 0.3) is 15.7 Å². The second-order valence-electron chi connectivity index (χ2n) is 9.85. The van der Waals surface area contributed by atoms with E-state index in [1.807, 2.05) is 45.0 Å². The van der Waals surface area contributed by atoms with E-state index in [0.717, 1.165) is 15.4 Å². The SMILES string of the molecule is CC[C@@H](C)NC(=O)[C@@H](CC)N(Cc1cccc(C)c1)C(=O)CN(c1ccc([N+](=O)[O-])cc1)S(=O)(=O)c1ccccc1. The van der Waals surface area contributed by atoms with Crippen LogP contribution in [0.1, 0.15) is 44.7 Å². The summed E-state index contributed by atoms with van der Waals surface area (Å²) in [5.41, 5.74) is 1.64. The van der Waals surface area contributed by atoms with Crippen molar-refractivity contribution in [3.05, 3.63) is 100 Å². The summed E-state index contributed by atoms with van der Waals surface area (Å²) in [5.74, 6) is -0.911. The number of carbonyl (C=O) groups excluding carboxylic acids is 2. The summed E-state index contributed by atoms with van der Waals surface area (Å²) in [6, 6.07) is 19.2. The van der Waals surface area contributed by atoms with Gasteiger partial charge in [0.05, 0.1) is 15.5 Å². The van der Waals surface area contributed by atoms with Crippen LogP contribution < -0.4 is 9.62 Å². The second-order valence-corrected chi connectivity index (χ2v) is 11.7. The Morgan fingerprint density at radius 1 is 0.951 bits per heavy atom. The molecule has 0 heterocycles. The summed E-state index contributed by atoms with van der Waals surface area (Å²) in [5, 5.41) is 14.2. The highest BCUT2D eigenvalue weighted by Gasteiger charge is 2.34. The number of hydrogen-bond donors (Lipinski definition) is 1. The third kappa shape index (κ3) is 7.91. The lowest BCUT2D eigenvalue weighted by Crippen LogP contribution is -2.53. The summed E-state index contributed by atoms with van der Waals surface area (Å²) < 4.78 is 28.6. The number of carbonyl (C=O) groups is 2. The topological polar surface area (TPSA) is 130 Å². The van der Waals surface area contributed by atoms with E-state index in [0.29, 0.717) is 12.8 Å². The quantitative estimate of drug-likeness (QED) is 0.228. The minimum absolute atomic E-state index is 0.0436. The minimum atomic E-state index is -4.26. The molecule has 0 unspecified atom stereocenters. The number of rotatable bonds is 13. The highest BCUT2D eigenvalue weighted by atomic mass is 32.2. The zero-order chi connectivity index (χ0) is 30.2. The van der Waals surface area contributed by atoms with E-state index in [1.54, 1.807) is 25.1 Å². The summed E-state index contributed by atoms with van der Waals surface area (Å²) >= 11 is 0. The van der Waals surface area contributed by atoms with E-state index in [4.69, 9.17) is 0 Å². The molecule has 3 aromatic carbocycles. The van der Waals surface area contributed by atoms with Gasteiger partial charge in [-0.15, -0.1) is 0 Å². The molecular weight excluding hydrogens is 544 g/mol. The van der Waals surface area contributed by atoms with Crippen molar-refractivity contribution < 1.29 is 22.9 Å². The predicted octanol–water partition coefficient (Wildman–Crippen LogP) is 4.82. The zero-order valence-electron chi connectivity index (χ0n) is 23.7. The Balaban J connectivity index is 2.07. The first kappa shape index (κ1) is 31.3. The number of sulfonamides is 1. The molecule has 0 aromatic heterocycles. The molecule has 41 heavy (non-hydrogen) atoms. The number of nitro groups is 1. The fourth-order valence-electron chi connectivity index (χ4n) is 4.36. The summed E-state index contributed by atoms with van der Waals surface area (Å²) in [6.07, 6.45) is 1.01. The van der Waals surface area contributed by atoms with Gasteiger partial charge in [0.2, 0.25) is 11.8 Å². The van der Waals surface area contributed by atoms with Gasteiger partial charge in [-0.1, -0.05) is 61.9 Å². The standard InChI is InChI=1S/C30H36N4O6S/c1-5-23(4)31-30(36)28(6-2)32(20-24-12-10-11-22(3)19-24)29(35)21-33(25-15-17-26(18-16-25)34(37)38)41(39,40)27-13-8-7-9-14-27/h7-19,23,28H,5-6,20-21H2,1-4H3,(H,31,36)/t23-,28-/m1/s1. The van der Waals surface area contributed by atoms with E-state index in [-0.39, 0.29) is 34.8 Å². The first-order valence-electron chi connectivity index (χ1n) is 13.5. The molecule has 3 rings (SSSR count). The van der Waals surface area contributed by atoms with Gasteiger partial charge in [-0.2, -0.15) is 0 Å². The Kier molecular flexibility index (Phi) is 10.6. The highest BCUT2D eigenvalue weighted by Crippen LogP contribution is 2.27. The molecule has 1 N–H and O–H groups in total. The third-order valence-corrected chi connectivity index (χ3v) is 8.57. The maximum Gasteiger partial charge on any atom is 0.269 e. The molecule has 0 aliphatic carbocycles. The summed E-state index contributed by atoms with van der Waals surface area (Å²) in [7, 11) is -4.26. The normalized spacial score (nSPS) is 12.7. The van der Waals surface area contributed by atoms with E-state index >= 15 is 0 Å². The number of benzene rings is 3. The smallest absolute Gasteiger partial charge is 0.269 e. The number of amides is 2. The van der Waals surface area contributed by atoms with Gasteiger partial charge in [-0.25, -0.2) is 8.42 Å². The molecule has 0 radical (unpaired) electrons. The van der Waals surface area contributed by atoms with Crippen molar-refractivity contribution in [1.29, 1.82) is 0 Å². The molecule has 11 heteroatoms. The van der Waals surface area contributed by atoms with Crippen molar-refractivity contribution in [2.45, 2.75) is 64.1 Å². The van der Waals surface area contributed by atoms with Crippen molar-refractivity contribution in [2.75, 3.05) is 10.8 Å². The molecule has 218 valence electrons. The largest absolute Gasteiger partial charge is 0.352 e. The van der Waals surface area contributed by atoms with E-state index in [2.05, 4.69) is 5.32 Å². The molecule has 2 amide bonds. The number of anilines is 1. The molecule has 2 atom stereocenters. The third-order valence-electron chi connectivity index (χ3n) is 6.78. The molecular formula is C30H36N4O6S. The van der Waals surface area contributed by atoms with Gasteiger partial charge < -0.3 is 10.2 Å². The number of non-ortho nitro benzene ring substituents is 1. The Labute approximate surface area is 241 Å². The average molecular weight is 581 g/mol. The molecule has 0 spiro atoms. The van der Waals surface area contributed by atoms with Crippen LogP contribution in [0.25, 0.3) is 0 Å². The molecule has 0 bridgehead atoms. The number of nitrogens with one attached hydrogen (secondary N) is 1. The molecule has 0 saturated heterocycles. The van der Waals surface area contributed by atoms with Crippen molar-refractivity contribution in [3.8, 4) is 0 Å². The highest BCUT2D eigenvalue weighted by molar-refractivity contribution is 7.92. The fourth-order valence-corrected chi connectivity index (χ4v) is 5.79. The lowest BCUT2D eigenvalue weighted by atomic mass is 10.1. The van der Waals surface area contributed by atoms with Crippen LogP contribution in [0, 0.1) is 17.0 Å². The van der Waals surface area contributed by atoms with Crippen LogP contribution in [0.3, 0.4) is 0 Å². The minimum Gasteiger partial charge on any atom is -0.352 e. The van der Waals surface area contributed by atoms with Gasteiger partial charge in [0, 0.05) is 24.7 Å². The van der Waals surface area contributed by atoms with Gasteiger partial charge in [0.15, 0.2) is 0 Å². The van der Waals surface area contributed by atoms with Gasteiger partial charge in [-0.3, -0.25) is 24.0 Å². The second kappa shape index (κ2) is 13.9. The lowest BCUT2D eigenvalue weighted by Gasteiger charge is -2.33. The van der Waals surface area contributed by atoms with Crippen LogP contribution in [-0.4, -0.2) is 48.7 Å². The van der Waals surface area contributed by atoms with Crippen LogP contribution in [0.15, 0.2) is 83.8 Å². The first-order chi connectivity index (χ1) is 19.5. The zero-order valence-corrected chi connectivity index (χ0v) is 24.5. The molecule has 0 saturated carbocycles. The number of hydrogen-bond acceptors (Lipinski definition) is 6. The molecule has 0 aliphatic rings. The Bertz CT molecular complexity index is 1460.